The second-order valence-electron chi connectivity index (χ2n) is 2.79. The maximum Gasteiger partial charge on any atom is 0.306 e. The second-order valence-corrected chi connectivity index (χ2v) is 2.79. The van der Waals surface area contributed by atoms with E-state index in [0.717, 1.165) is 0 Å². The molecule has 1 fully saturated rings. The second kappa shape index (κ2) is 4.64. The Bertz CT molecular complexity index is 159. The van der Waals surface area contributed by atoms with Gasteiger partial charge in [0.15, 0.2) is 0 Å². The van der Waals surface area contributed by atoms with Crippen molar-refractivity contribution in [3.05, 3.63) is 0 Å². The summed E-state index contributed by atoms with van der Waals surface area (Å²) < 4.78 is 5.33. The Morgan fingerprint density at radius 3 is 2.50 bits per heavy atom. The Labute approximate surface area is 77.7 Å². The molecule has 72 valence electrons. The molecular formula is C7H14ClNO3. The van der Waals surface area contributed by atoms with Gasteiger partial charge in [-0.15, -0.1) is 12.4 Å². The average Bonchev–Trinajstić information content (AvgIpc) is 1.82. The van der Waals surface area contributed by atoms with Crippen LogP contribution in [0.15, 0.2) is 0 Å². The van der Waals surface area contributed by atoms with E-state index < -0.39 is 11.6 Å². The topological polar surface area (TPSA) is 58.6 Å². The summed E-state index contributed by atoms with van der Waals surface area (Å²) in [6.45, 7) is 3.77. The molecule has 0 radical (unpaired) electrons. The van der Waals surface area contributed by atoms with Crippen LogP contribution in [0.3, 0.4) is 0 Å². The Balaban J connectivity index is 0.00000121. The highest BCUT2D eigenvalue weighted by Gasteiger charge is 2.39. The number of carbonyl (C=O) groups is 1. The van der Waals surface area contributed by atoms with Crippen molar-refractivity contribution < 1.29 is 14.6 Å². The molecule has 1 aliphatic heterocycles. The molecule has 0 aliphatic carbocycles. The van der Waals surface area contributed by atoms with Crippen molar-refractivity contribution in [1.82, 2.24) is 5.32 Å². The summed E-state index contributed by atoms with van der Waals surface area (Å²) in [5, 5.41) is 11.5. The van der Waals surface area contributed by atoms with Crippen molar-refractivity contribution >= 4 is 18.4 Å². The largest absolute Gasteiger partial charge is 0.481 e. The number of aliphatic carboxylic acids is 1. The van der Waals surface area contributed by atoms with Gasteiger partial charge in [-0.1, -0.05) is 0 Å². The molecule has 0 atom stereocenters. The molecule has 1 saturated heterocycles. The van der Waals surface area contributed by atoms with Crippen LogP contribution in [0.4, 0.5) is 0 Å². The zero-order chi connectivity index (χ0) is 8.32. The number of rotatable bonds is 4. The van der Waals surface area contributed by atoms with Crippen LogP contribution in [0.25, 0.3) is 0 Å². The molecule has 0 aromatic heterocycles. The molecule has 0 unspecified atom stereocenters. The molecule has 0 saturated carbocycles. The van der Waals surface area contributed by atoms with Crippen LogP contribution >= 0.6 is 12.4 Å². The fourth-order valence-corrected chi connectivity index (χ4v) is 1.26. The molecule has 0 aromatic rings. The van der Waals surface area contributed by atoms with Gasteiger partial charge in [0, 0.05) is 19.7 Å². The summed E-state index contributed by atoms with van der Waals surface area (Å²) in [5.74, 6) is -0.792. The number of hydrogen-bond acceptors (Lipinski definition) is 3. The van der Waals surface area contributed by atoms with E-state index in [0.29, 0.717) is 19.7 Å². The molecule has 0 aromatic carbocycles. The first-order chi connectivity index (χ1) is 5.18. The number of ether oxygens (including phenoxy) is 1. The predicted octanol–water partition coefficient (Wildman–Crippen LogP) is 0.261. The van der Waals surface area contributed by atoms with Crippen LogP contribution in [-0.2, 0) is 9.53 Å². The molecule has 0 spiro atoms. The number of halogens is 1. The van der Waals surface area contributed by atoms with Crippen molar-refractivity contribution in [2.75, 3.05) is 19.7 Å². The van der Waals surface area contributed by atoms with E-state index in [-0.39, 0.29) is 18.8 Å². The van der Waals surface area contributed by atoms with Crippen molar-refractivity contribution in [2.24, 2.45) is 0 Å². The zero-order valence-electron chi connectivity index (χ0n) is 7.00. The highest BCUT2D eigenvalue weighted by molar-refractivity contribution is 5.85. The maximum atomic E-state index is 10.4. The molecular weight excluding hydrogens is 182 g/mol. The quantitative estimate of drug-likeness (QED) is 0.676. The number of carboxylic acid groups (broad SMARTS) is 1. The van der Waals surface area contributed by atoms with E-state index in [4.69, 9.17) is 9.84 Å². The third-order valence-electron chi connectivity index (χ3n) is 1.82. The molecule has 1 heterocycles. The van der Waals surface area contributed by atoms with Gasteiger partial charge >= 0.3 is 5.97 Å². The number of nitrogens with one attached hydrogen (secondary N) is 1. The lowest BCUT2D eigenvalue weighted by Gasteiger charge is -2.40. The van der Waals surface area contributed by atoms with Crippen molar-refractivity contribution in [3.63, 3.8) is 0 Å². The highest BCUT2D eigenvalue weighted by Crippen LogP contribution is 2.20. The summed E-state index contributed by atoms with van der Waals surface area (Å²) in [7, 11) is 0. The van der Waals surface area contributed by atoms with Gasteiger partial charge in [-0.3, -0.25) is 4.79 Å². The van der Waals surface area contributed by atoms with Gasteiger partial charge < -0.3 is 15.2 Å². The van der Waals surface area contributed by atoms with E-state index >= 15 is 0 Å². The standard InChI is InChI=1S/C7H13NO3.ClH/c1-2-11-7(3-6(9)10)4-8-5-7;/h8H,2-5H2,1H3,(H,9,10);1H. The molecule has 12 heavy (non-hydrogen) atoms. The molecule has 5 heteroatoms. The third-order valence-corrected chi connectivity index (χ3v) is 1.82. The van der Waals surface area contributed by atoms with Crippen LogP contribution < -0.4 is 5.32 Å². The molecule has 0 bridgehead atoms. The first-order valence-electron chi connectivity index (χ1n) is 3.75. The van der Waals surface area contributed by atoms with Crippen LogP contribution in [0, 0.1) is 0 Å². The van der Waals surface area contributed by atoms with Gasteiger partial charge in [-0.2, -0.15) is 0 Å². The van der Waals surface area contributed by atoms with E-state index in [2.05, 4.69) is 5.32 Å². The van der Waals surface area contributed by atoms with Crippen LogP contribution in [0.1, 0.15) is 13.3 Å². The van der Waals surface area contributed by atoms with Gasteiger partial charge in [0.05, 0.1) is 6.42 Å². The molecule has 4 nitrogen and oxygen atoms in total. The third kappa shape index (κ3) is 2.62. The van der Waals surface area contributed by atoms with Crippen molar-refractivity contribution in [2.45, 2.75) is 18.9 Å². The lowest BCUT2D eigenvalue weighted by Crippen LogP contribution is -2.62. The Morgan fingerprint density at radius 2 is 2.25 bits per heavy atom. The minimum Gasteiger partial charge on any atom is -0.481 e. The Kier molecular flexibility index (Phi) is 4.52. The molecule has 1 rings (SSSR count). The smallest absolute Gasteiger partial charge is 0.306 e. The minimum absolute atomic E-state index is 0. The average molecular weight is 196 g/mol. The normalized spacial score (nSPS) is 19.1. The first-order valence-corrected chi connectivity index (χ1v) is 3.75. The van der Waals surface area contributed by atoms with Gasteiger partial charge in [0.2, 0.25) is 0 Å². The first kappa shape index (κ1) is 11.7. The lowest BCUT2D eigenvalue weighted by atomic mass is 9.93. The highest BCUT2D eigenvalue weighted by atomic mass is 35.5. The van der Waals surface area contributed by atoms with Gasteiger partial charge in [-0.05, 0) is 6.92 Å². The summed E-state index contributed by atoms with van der Waals surface area (Å²) >= 11 is 0. The van der Waals surface area contributed by atoms with Crippen LogP contribution in [0.2, 0.25) is 0 Å². The lowest BCUT2D eigenvalue weighted by molar-refractivity contribution is -0.149. The van der Waals surface area contributed by atoms with Gasteiger partial charge in [-0.25, -0.2) is 0 Å². The summed E-state index contributed by atoms with van der Waals surface area (Å²) in [6.07, 6.45) is 0.105. The minimum atomic E-state index is -0.792. The number of hydrogen-bond donors (Lipinski definition) is 2. The maximum absolute atomic E-state index is 10.4. The Morgan fingerprint density at radius 1 is 1.67 bits per heavy atom. The van der Waals surface area contributed by atoms with E-state index in [1.807, 2.05) is 6.92 Å². The molecule has 0 amide bonds. The predicted molar refractivity (Wildman–Crippen MR) is 46.7 cm³/mol. The summed E-state index contributed by atoms with van der Waals surface area (Å²) in [4.78, 5) is 10.4. The van der Waals surface area contributed by atoms with Crippen LogP contribution in [-0.4, -0.2) is 36.4 Å². The fourth-order valence-electron chi connectivity index (χ4n) is 1.26. The van der Waals surface area contributed by atoms with E-state index in [1.165, 1.54) is 0 Å². The Hall–Kier alpha value is -0.320. The summed E-state index contributed by atoms with van der Waals surface area (Å²) in [6, 6.07) is 0. The van der Waals surface area contributed by atoms with Crippen molar-refractivity contribution in [1.29, 1.82) is 0 Å². The van der Waals surface area contributed by atoms with Crippen molar-refractivity contribution in [3.8, 4) is 0 Å². The molecule has 1 aliphatic rings. The van der Waals surface area contributed by atoms with E-state index in [1.54, 1.807) is 0 Å². The number of carboxylic acids is 1. The summed E-state index contributed by atoms with van der Waals surface area (Å²) in [5.41, 5.74) is -0.416. The fraction of sp³-hybridized carbons (Fsp3) is 0.857. The van der Waals surface area contributed by atoms with Gasteiger partial charge in [0.1, 0.15) is 5.60 Å². The SMILES string of the molecule is CCOC1(CC(=O)O)CNC1.Cl. The van der Waals surface area contributed by atoms with Gasteiger partial charge in [0.25, 0.3) is 0 Å². The zero-order valence-corrected chi connectivity index (χ0v) is 7.82. The molecule has 2 N–H and O–H groups in total. The van der Waals surface area contributed by atoms with E-state index in [9.17, 15) is 4.79 Å². The monoisotopic (exact) mass is 195 g/mol. The van der Waals surface area contributed by atoms with Crippen LogP contribution in [0.5, 0.6) is 0 Å².